The van der Waals surface area contributed by atoms with E-state index in [0.717, 1.165) is 8.66 Å². The van der Waals surface area contributed by atoms with E-state index in [1.54, 1.807) is 6.08 Å². The zero-order valence-corrected chi connectivity index (χ0v) is 11.8. The highest BCUT2D eigenvalue weighted by atomic mass is 79.9. The summed E-state index contributed by atoms with van der Waals surface area (Å²) >= 11 is 4.84. The zero-order chi connectivity index (χ0) is 12.3. The largest absolute Gasteiger partial charge is 0.293 e. The predicted octanol–water partition coefficient (Wildman–Crippen LogP) is 4.03. The number of ketones is 1. The van der Waals surface area contributed by atoms with Crippen molar-refractivity contribution in [2.24, 2.45) is 5.41 Å². The standard InChI is InChI=1S/C12H12BrNOS/c1-12(2,3)11(15)8(7-14)6-9-4-5-10(13)16-9/h4-6H,1-3H3. The molecule has 0 aliphatic rings. The number of Topliss-reactive ketones (excluding diaryl/α,β-unsaturated/α-hetero) is 1. The Labute approximate surface area is 108 Å². The molecule has 1 heterocycles. The average Bonchev–Trinajstić information content (AvgIpc) is 2.58. The molecule has 0 aliphatic heterocycles. The zero-order valence-electron chi connectivity index (χ0n) is 9.37. The van der Waals surface area contributed by atoms with Crippen LogP contribution in [-0.4, -0.2) is 5.78 Å². The summed E-state index contributed by atoms with van der Waals surface area (Å²) in [6, 6.07) is 5.74. The summed E-state index contributed by atoms with van der Waals surface area (Å²) in [5.74, 6) is -0.125. The van der Waals surface area contributed by atoms with Gasteiger partial charge in [-0.15, -0.1) is 11.3 Å². The van der Waals surface area contributed by atoms with Gasteiger partial charge in [-0.1, -0.05) is 20.8 Å². The lowest BCUT2D eigenvalue weighted by atomic mass is 9.86. The molecule has 0 unspecified atom stereocenters. The molecule has 0 fully saturated rings. The molecule has 2 nitrogen and oxygen atoms in total. The van der Waals surface area contributed by atoms with Gasteiger partial charge in [-0.2, -0.15) is 5.26 Å². The first-order valence-corrected chi connectivity index (χ1v) is 6.37. The van der Waals surface area contributed by atoms with Crippen LogP contribution in [0.25, 0.3) is 6.08 Å². The molecule has 0 amide bonds. The summed E-state index contributed by atoms with van der Waals surface area (Å²) in [5, 5.41) is 8.98. The van der Waals surface area contributed by atoms with Crippen molar-refractivity contribution in [2.75, 3.05) is 0 Å². The maximum absolute atomic E-state index is 11.9. The molecular formula is C12H12BrNOS. The Kier molecular flexibility index (Phi) is 4.06. The molecule has 84 valence electrons. The minimum Gasteiger partial charge on any atom is -0.293 e. The summed E-state index contributed by atoms with van der Waals surface area (Å²) in [4.78, 5) is 12.8. The normalized spacial score (nSPS) is 12.3. The molecule has 0 aromatic carbocycles. The van der Waals surface area contributed by atoms with Crippen molar-refractivity contribution in [1.82, 2.24) is 0 Å². The first kappa shape index (κ1) is 13.1. The van der Waals surface area contributed by atoms with E-state index in [1.807, 2.05) is 39.0 Å². The average molecular weight is 298 g/mol. The molecule has 0 N–H and O–H groups in total. The summed E-state index contributed by atoms with van der Waals surface area (Å²) in [5.41, 5.74) is -0.308. The van der Waals surface area contributed by atoms with Crippen molar-refractivity contribution in [3.63, 3.8) is 0 Å². The molecule has 0 aliphatic carbocycles. The van der Waals surface area contributed by atoms with Crippen LogP contribution in [0, 0.1) is 16.7 Å². The number of rotatable bonds is 2. The van der Waals surface area contributed by atoms with Gasteiger partial charge in [0.1, 0.15) is 6.07 Å². The van der Waals surface area contributed by atoms with Crippen molar-refractivity contribution >= 4 is 39.1 Å². The van der Waals surface area contributed by atoms with E-state index in [-0.39, 0.29) is 11.4 Å². The van der Waals surface area contributed by atoms with Crippen molar-refractivity contribution in [1.29, 1.82) is 5.26 Å². The number of halogens is 1. The second kappa shape index (κ2) is 4.94. The van der Waals surface area contributed by atoms with Gasteiger partial charge in [0.2, 0.25) is 0 Å². The fourth-order valence-electron chi connectivity index (χ4n) is 1.10. The van der Waals surface area contributed by atoms with E-state index < -0.39 is 5.41 Å². The van der Waals surface area contributed by atoms with Crippen LogP contribution < -0.4 is 0 Å². The molecule has 0 bridgehead atoms. The highest BCUT2D eigenvalue weighted by Gasteiger charge is 2.24. The van der Waals surface area contributed by atoms with E-state index in [2.05, 4.69) is 15.9 Å². The van der Waals surface area contributed by atoms with E-state index in [9.17, 15) is 4.79 Å². The number of carbonyl (C=O) groups is 1. The number of hydrogen-bond donors (Lipinski definition) is 0. The second-order valence-corrected chi connectivity index (χ2v) is 6.89. The Balaban J connectivity index is 3.05. The van der Waals surface area contributed by atoms with Gasteiger partial charge < -0.3 is 0 Å². The number of nitrogens with zero attached hydrogens (tertiary/aromatic N) is 1. The fraction of sp³-hybridized carbons (Fsp3) is 0.333. The third kappa shape index (κ3) is 3.29. The Hall–Kier alpha value is -0.920. The van der Waals surface area contributed by atoms with Crippen LogP contribution in [0.5, 0.6) is 0 Å². The SMILES string of the molecule is CC(C)(C)C(=O)C(C#N)=Cc1ccc(Br)s1. The van der Waals surface area contributed by atoms with Crippen LogP contribution in [0.1, 0.15) is 25.6 Å². The van der Waals surface area contributed by atoms with Gasteiger partial charge in [-0.25, -0.2) is 0 Å². The molecule has 1 rings (SSSR count). The van der Waals surface area contributed by atoms with Crippen molar-refractivity contribution in [3.05, 3.63) is 26.4 Å². The van der Waals surface area contributed by atoms with Crippen LogP contribution in [-0.2, 0) is 4.79 Å². The van der Waals surface area contributed by atoms with Crippen molar-refractivity contribution < 1.29 is 4.79 Å². The lowest BCUT2D eigenvalue weighted by Crippen LogP contribution is -2.21. The highest BCUT2D eigenvalue weighted by molar-refractivity contribution is 9.11. The number of hydrogen-bond acceptors (Lipinski definition) is 3. The van der Waals surface area contributed by atoms with Crippen LogP contribution in [0.15, 0.2) is 21.5 Å². The second-order valence-electron chi connectivity index (χ2n) is 4.39. The first-order valence-electron chi connectivity index (χ1n) is 4.76. The molecule has 0 spiro atoms. The molecule has 0 atom stereocenters. The molecule has 4 heteroatoms. The minimum atomic E-state index is -0.518. The summed E-state index contributed by atoms with van der Waals surface area (Å²) in [6.07, 6.45) is 1.64. The van der Waals surface area contributed by atoms with Gasteiger partial charge in [-0.3, -0.25) is 4.79 Å². The Morgan fingerprint density at radius 1 is 1.50 bits per heavy atom. The van der Waals surface area contributed by atoms with Gasteiger partial charge >= 0.3 is 0 Å². The first-order chi connectivity index (χ1) is 7.34. The molecular weight excluding hydrogens is 286 g/mol. The van der Waals surface area contributed by atoms with Gasteiger partial charge in [-0.05, 0) is 34.1 Å². The number of thiophene rings is 1. The molecule has 16 heavy (non-hydrogen) atoms. The van der Waals surface area contributed by atoms with Crippen molar-refractivity contribution in [2.45, 2.75) is 20.8 Å². The summed E-state index contributed by atoms with van der Waals surface area (Å²) in [7, 11) is 0. The maximum atomic E-state index is 11.9. The van der Waals surface area contributed by atoms with E-state index >= 15 is 0 Å². The number of carbonyl (C=O) groups excluding carboxylic acids is 1. The predicted molar refractivity (Wildman–Crippen MR) is 70.1 cm³/mol. The van der Waals surface area contributed by atoms with Crippen LogP contribution in [0.4, 0.5) is 0 Å². The van der Waals surface area contributed by atoms with E-state index in [0.29, 0.717) is 0 Å². The van der Waals surface area contributed by atoms with Crippen molar-refractivity contribution in [3.8, 4) is 6.07 Å². The highest BCUT2D eigenvalue weighted by Crippen LogP contribution is 2.26. The Morgan fingerprint density at radius 2 is 2.12 bits per heavy atom. The third-order valence-corrected chi connectivity index (χ3v) is 3.50. The number of allylic oxidation sites excluding steroid dienone is 1. The van der Waals surface area contributed by atoms with E-state index in [1.165, 1.54) is 11.3 Å². The third-order valence-electron chi connectivity index (χ3n) is 1.93. The van der Waals surface area contributed by atoms with Crippen LogP contribution in [0.3, 0.4) is 0 Å². The summed E-state index contributed by atoms with van der Waals surface area (Å²) in [6.45, 7) is 5.43. The maximum Gasteiger partial charge on any atom is 0.178 e. The number of nitriles is 1. The quantitative estimate of drug-likeness (QED) is 0.611. The van der Waals surface area contributed by atoms with Crippen LogP contribution >= 0.6 is 27.3 Å². The molecule has 0 saturated heterocycles. The molecule has 0 radical (unpaired) electrons. The van der Waals surface area contributed by atoms with Crippen LogP contribution in [0.2, 0.25) is 0 Å². The lowest BCUT2D eigenvalue weighted by Gasteiger charge is -2.15. The van der Waals surface area contributed by atoms with Gasteiger partial charge in [0.25, 0.3) is 0 Å². The van der Waals surface area contributed by atoms with E-state index in [4.69, 9.17) is 5.26 Å². The smallest absolute Gasteiger partial charge is 0.178 e. The fourth-order valence-corrected chi connectivity index (χ4v) is 2.47. The molecule has 0 saturated carbocycles. The minimum absolute atomic E-state index is 0.125. The summed E-state index contributed by atoms with van der Waals surface area (Å²) < 4.78 is 0.985. The van der Waals surface area contributed by atoms with Gasteiger partial charge in [0.05, 0.1) is 9.36 Å². The lowest BCUT2D eigenvalue weighted by molar-refractivity contribution is -0.121. The Bertz CT molecular complexity index is 474. The molecule has 1 aromatic heterocycles. The van der Waals surface area contributed by atoms with Gasteiger partial charge in [0.15, 0.2) is 5.78 Å². The monoisotopic (exact) mass is 297 g/mol. The van der Waals surface area contributed by atoms with Gasteiger partial charge in [0, 0.05) is 10.3 Å². The topological polar surface area (TPSA) is 40.9 Å². The Morgan fingerprint density at radius 3 is 2.50 bits per heavy atom. The molecule has 1 aromatic rings.